The van der Waals surface area contributed by atoms with Gasteiger partial charge in [0.2, 0.25) is 0 Å². The third kappa shape index (κ3) is 4.17. The Kier molecular flexibility index (Phi) is 5.46. The molecule has 0 N–H and O–H groups in total. The van der Waals surface area contributed by atoms with E-state index >= 15 is 0 Å². The van der Waals surface area contributed by atoms with Crippen molar-refractivity contribution in [3.8, 4) is 5.82 Å². The first kappa shape index (κ1) is 18.5. The van der Waals surface area contributed by atoms with E-state index in [0.29, 0.717) is 5.82 Å². The van der Waals surface area contributed by atoms with Crippen molar-refractivity contribution in [1.29, 1.82) is 0 Å². The average Bonchev–Trinajstić information content (AvgIpc) is 3.07. The van der Waals surface area contributed by atoms with Crippen LogP contribution >= 0.6 is 0 Å². The highest BCUT2D eigenvalue weighted by molar-refractivity contribution is 5.90. The molecule has 2 aromatic rings. The Morgan fingerprint density at radius 2 is 1.96 bits per heavy atom. The zero-order valence-corrected chi connectivity index (χ0v) is 15.4. The molecule has 0 aromatic carbocycles. The van der Waals surface area contributed by atoms with Gasteiger partial charge in [0.15, 0.2) is 11.9 Å². The molecule has 0 aliphatic rings. The molecule has 1 atom stereocenters. The van der Waals surface area contributed by atoms with Gasteiger partial charge in [-0.25, -0.2) is 4.79 Å². The predicted molar refractivity (Wildman–Crippen MR) is 93.3 cm³/mol. The standard InChI is InChI=1S/C18H23N3O4/c1-11-9-15(13(3)21(11)16-10-12(2)25-19-16)7-8-17(22)24-14(4)18(23)20(5)6/h7-10,14H,1-6H3/b8-7+/t14-/m1/s1. The summed E-state index contributed by atoms with van der Waals surface area (Å²) in [5.41, 5.74) is 2.75. The maximum absolute atomic E-state index is 11.9. The molecule has 134 valence electrons. The van der Waals surface area contributed by atoms with E-state index in [4.69, 9.17) is 9.26 Å². The first-order chi connectivity index (χ1) is 11.7. The lowest BCUT2D eigenvalue weighted by Crippen LogP contribution is -2.34. The fraction of sp³-hybridized carbons (Fsp3) is 0.389. The van der Waals surface area contributed by atoms with Gasteiger partial charge >= 0.3 is 5.97 Å². The molecule has 0 saturated carbocycles. The fourth-order valence-electron chi connectivity index (χ4n) is 2.55. The molecule has 0 unspecified atom stereocenters. The maximum Gasteiger partial charge on any atom is 0.331 e. The van der Waals surface area contributed by atoms with Crippen molar-refractivity contribution < 1.29 is 18.8 Å². The topological polar surface area (TPSA) is 77.6 Å². The Morgan fingerprint density at radius 1 is 1.28 bits per heavy atom. The number of carbonyl (C=O) groups excluding carboxylic acids is 2. The van der Waals surface area contributed by atoms with Crippen LogP contribution in [-0.2, 0) is 14.3 Å². The Labute approximate surface area is 146 Å². The molecule has 2 aromatic heterocycles. The number of hydrogen-bond acceptors (Lipinski definition) is 5. The largest absolute Gasteiger partial charge is 0.449 e. The summed E-state index contributed by atoms with van der Waals surface area (Å²) in [7, 11) is 3.23. The molecule has 0 bridgehead atoms. The Hall–Kier alpha value is -2.83. The number of aromatic nitrogens is 2. The minimum absolute atomic E-state index is 0.263. The molecule has 0 radical (unpaired) electrons. The molecule has 25 heavy (non-hydrogen) atoms. The van der Waals surface area contributed by atoms with Gasteiger partial charge < -0.3 is 14.2 Å². The number of nitrogens with zero attached hydrogens (tertiary/aromatic N) is 3. The van der Waals surface area contributed by atoms with Crippen molar-refractivity contribution in [2.24, 2.45) is 0 Å². The van der Waals surface area contributed by atoms with Gasteiger partial charge in [-0.3, -0.25) is 9.36 Å². The molecule has 0 saturated heterocycles. The van der Waals surface area contributed by atoms with Gasteiger partial charge in [-0.1, -0.05) is 5.16 Å². The van der Waals surface area contributed by atoms with Crippen LogP contribution in [0.15, 0.2) is 22.7 Å². The quantitative estimate of drug-likeness (QED) is 0.614. The molecule has 2 rings (SSSR count). The number of esters is 1. The summed E-state index contributed by atoms with van der Waals surface area (Å²) < 4.78 is 12.2. The van der Waals surface area contributed by atoms with Crippen LogP contribution in [0.4, 0.5) is 0 Å². The molecular formula is C18H23N3O4. The second kappa shape index (κ2) is 7.38. The summed E-state index contributed by atoms with van der Waals surface area (Å²) in [6.45, 7) is 7.26. The van der Waals surface area contributed by atoms with E-state index in [1.807, 2.05) is 37.5 Å². The summed E-state index contributed by atoms with van der Waals surface area (Å²) in [6.07, 6.45) is 2.17. The van der Waals surface area contributed by atoms with E-state index in [-0.39, 0.29) is 5.91 Å². The fourth-order valence-corrected chi connectivity index (χ4v) is 2.55. The van der Waals surface area contributed by atoms with Crippen LogP contribution in [0.2, 0.25) is 0 Å². The Morgan fingerprint density at radius 3 is 2.52 bits per heavy atom. The van der Waals surface area contributed by atoms with Crippen molar-refractivity contribution in [2.75, 3.05) is 14.1 Å². The van der Waals surface area contributed by atoms with E-state index in [1.165, 1.54) is 11.0 Å². The molecule has 7 heteroatoms. The Bertz CT molecular complexity index is 814. The van der Waals surface area contributed by atoms with Gasteiger partial charge in [-0.05, 0) is 45.4 Å². The van der Waals surface area contributed by atoms with Crippen LogP contribution in [0.5, 0.6) is 0 Å². The summed E-state index contributed by atoms with van der Waals surface area (Å²) >= 11 is 0. The molecule has 7 nitrogen and oxygen atoms in total. The van der Waals surface area contributed by atoms with Crippen molar-refractivity contribution in [2.45, 2.75) is 33.8 Å². The number of carbonyl (C=O) groups is 2. The summed E-state index contributed by atoms with van der Waals surface area (Å²) in [5.74, 6) is 0.591. The van der Waals surface area contributed by atoms with E-state index in [9.17, 15) is 9.59 Å². The van der Waals surface area contributed by atoms with Crippen molar-refractivity contribution >= 4 is 18.0 Å². The highest BCUT2D eigenvalue weighted by Gasteiger charge is 2.18. The van der Waals surface area contributed by atoms with Gasteiger partial charge in [0.05, 0.1) is 0 Å². The van der Waals surface area contributed by atoms with Crippen LogP contribution in [0.25, 0.3) is 11.9 Å². The highest BCUT2D eigenvalue weighted by atomic mass is 16.5. The van der Waals surface area contributed by atoms with Crippen LogP contribution in [0.3, 0.4) is 0 Å². The average molecular weight is 345 g/mol. The molecule has 1 amide bonds. The number of likely N-dealkylation sites (N-methyl/N-ethyl adjacent to an activating group) is 1. The van der Waals surface area contributed by atoms with Gasteiger partial charge in [-0.15, -0.1) is 0 Å². The molecule has 0 aliphatic carbocycles. The number of rotatable bonds is 5. The van der Waals surface area contributed by atoms with Crippen LogP contribution in [0, 0.1) is 20.8 Å². The normalized spacial score (nSPS) is 12.4. The van der Waals surface area contributed by atoms with E-state index in [2.05, 4.69) is 5.16 Å². The molecule has 2 heterocycles. The molecule has 0 spiro atoms. The number of ether oxygens (including phenoxy) is 1. The lowest BCUT2D eigenvalue weighted by atomic mass is 10.2. The minimum atomic E-state index is -0.822. The molecule has 0 aliphatic heterocycles. The monoisotopic (exact) mass is 345 g/mol. The van der Waals surface area contributed by atoms with Crippen LogP contribution in [0.1, 0.15) is 29.6 Å². The minimum Gasteiger partial charge on any atom is -0.449 e. The summed E-state index contributed by atoms with van der Waals surface area (Å²) in [4.78, 5) is 25.0. The van der Waals surface area contributed by atoms with Crippen molar-refractivity contribution in [3.63, 3.8) is 0 Å². The summed E-state index contributed by atoms with van der Waals surface area (Å²) in [6, 6.07) is 3.79. The third-order valence-corrected chi connectivity index (χ3v) is 3.80. The smallest absolute Gasteiger partial charge is 0.331 e. The lowest BCUT2D eigenvalue weighted by molar-refractivity contribution is -0.153. The van der Waals surface area contributed by atoms with E-state index in [1.54, 1.807) is 27.1 Å². The number of aryl methyl sites for hydroxylation is 2. The third-order valence-electron chi connectivity index (χ3n) is 3.80. The second-order valence-electron chi connectivity index (χ2n) is 6.10. The van der Waals surface area contributed by atoms with Gasteiger partial charge in [0.25, 0.3) is 5.91 Å². The lowest BCUT2D eigenvalue weighted by Gasteiger charge is -2.16. The number of amides is 1. The predicted octanol–water partition coefficient (Wildman–Crippen LogP) is 2.42. The first-order valence-corrected chi connectivity index (χ1v) is 7.93. The number of hydrogen-bond donors (Lipinski definition) is 0. The Balaban J connectivity index is 2.14. The molecule has 0 fully saturated rings. The van der Waals surface area contributed by atoms with Gasteiger partial charge in [0, 0.05) is 37.6 Å². The van der Waals surface area contributed by atoms with Crippen LogP contribution < -0.4 is 0 Å². The van der Waals surface area contributed by atoms with Gasteiger partial charge in [-0.2, -0.15) is 0 Å². The zero-order chi connectivity index (χ0) is 18.7. The summed E-state index contributed by atoms with van der Waals surface area (Å²) in [5, 5.41) is 4.02. The highest BCUT2D eigenvalue weighted by Crippen LogP contribution is 2.21. The van der Waals surface area contributed by atoms with E-state index < -0.39 is 12.1 Å². The first-order valence-electron chi connectivity index (χ1n) is 7.93. The SMILES string of the molecule is Cc1cc(-n2c(C)cc(/C=C/C(=O)O[C@H](C)C(=O)N(C)C)c2C)no1. The van der Waals surface area contributed by atoms with Gasteiger partial charge in [0.1, 0.15) is 5.76 Å². The van der Waals surface area contributed by atoms with Crippen LogP contribution in [-0.4, -0.2) is 46.7 Å². The van der Waals surface area contributed by atoms with Crippen molar-refractivity contribution in [3.05, 3.63) is 40.9 Å². The van der Waals surface area contributed by atoms with Crippen molar-refractivity contribution in [1.82, 2.24) is 14.6 Å². The second-order valence-corrected chi connectivity index (χ2v) is 6.10. The van der Waals surface area contributed by atoms with E-state index in [0.717, 1.165) is 22.7 Å². The zero-order valence-electron chi connectivity index (χ0n) is 15.4. The maximum atomic E-state index is 11.9. The molecular weight excluding hydrogens is 322 g/mol.